The van der Waals surface area contributed by atoms with Crippen molar-refractivity contribution < 1.29 is 29.0 Å². The molecule has 1 unspecified atom stereocenters. The number of nitrogens with one attached hydrogen (secondary N) is 2. The molecule has 10 heteroatoms. The molecule has 2 aromatic rings. The van der Waals surface area contributed by atoms with Crippen LogP contribution in [0.25, 0.3) is 0 Å². The monoisotopic (exact) mass is 434 g/mol. The minimum absolute atomic E-state index is 0.143. The second kappa shape index (κ2) is 9.27. The van der Waals surface area contributed by atoms with E-state index in [1.807, 2.05) is 0 Å². The summed E-state index contributed by atoms with van der Waals surface area (Å²) in [4.78, 5) is 36.8. The Labute approximate surface area is 179 Å². The number of carbonyl (C=O) groups is 3. The Morgan fingerprint density at radius 1 is 1.16 bits per heavy atom. The number of carbonyl (C=O) groups excluding carboxylic acids is 3. The summed E-state index contributed by atoms with van der Waals surface area (Å²) in [6, 6.07) is 2.78. The summed E-state index contributed by atoms with van der Waals surface area (Å²) in [5, 5.41) is 25.1. The SMILES string of the molecule is Cc1cc(NC(=O)c2c(C)c(C(O)C(=O)N[C@H](C(N)=O)[C@@H](C)O)n(C)c2C)ccc1F. The van der Waals surface area contributed by atoms with Gasteiger partial charge >= 0.3 is 0 Å². The van der Waals surface area contributed by atoms with Gasteiger partial charge in [-0.15, -0.1) is 0 Å². The molecule has 1 heterocycles. The van der Waals surface area contributed by atoms with Crippen molar-refractivity contribution in [1.82, 2.24) is 9.88 Å². The summed E-state index contributed by atoms with van der Waals surface area (Å²) >= 11 is 0. The normalized spacial score (nSPS) is 13.9. The van der Waals surface area contributed by atoms with E-state index >= 15 is 0 Å². The van der Waals surface area contributed by atoms with Gasteiger partial charge in [0.1, 0.15) is 11.9 Å². The van der Waals surface area contributed by atoms with Gasteiger partial charge in [0.2, 0.25) is 5.91 Å². The number of hydrogen-bond donors (Lipinski definition) is 5. The highest BCUT2D eigenvalue weighted by Crippen LogP contribution is 2.28. The van der Waals surface area contributed by atoms with Crippen LogP contribution in [0.4, 0.5) is 10.1 Å². The van der Waals surface area contributed by atoms with Crippen molar-refractivity contribution in [2.45, 2.75) is 45.9 Å². The quantitative estimate of drug-likeness (QED) is 0.436. The van der Waals surface area contributed by atoms with Crippen LogP contribution in [-0.2, 0) is 16.6 Å². The standard InChI is InChI=1S/C21H27FN4O5/c1-9-8-13(6-7-14(9)22)24-20(30)15-10(2)17(26(5)11(15)3)18(28)21(31)25-16(12(4)27)19(23)29/h6-8,12,16,18,27-28H,1-5H3,(H2,23,29)(H,24,30)(H,25,31)/t12-,16+,18?/m1/s1. The predicted octanol–water partition coefficient (Wildman–Crippen LogP) is 0.726. The van der Waals surface area contributed by atoms with E-state index in [0.29, 0.717) is 22.5 Å². The summed E-state index contributed by atoms with van der Waals surface area (Å²) in [6.45, 7) is 6.07. The number of benzene rings is 1. The number of primary amides is 1. The Balaban J connectivity index is 2.34. The summed E-state index contributed by atoms with van der Waals surface area (Å²) in [5.41, 5.74) is 7.16. The number of halogens is 1. The molecule has 0 spiro atoms. The number of aliphatic hydroxyl groups excluding tert-OH is 2. The Kier molecular flexibility index (Phi) is 7.19. The number of aliphatic hydroxyl groups is 2. The maximum absolute atomic E-state index is 13.5. The average molecular weight is 434 g/mol. The second-order valence-electron chi connectivity index (χ2n) is 7.48. The number of rotatable bonds is 7. The van der Waals surface area contributed by atoms with Crippen molar-refractivity contribution in [3.63, 3.8) is 0 Å². The fourth-order valence-corrected chi connectivity index (χ4v) is 3.42. The maximum Gasteiger partial charge on any atom is 0.257 e. The molecule has 0 saturated heterocycles. The van der Waals surface area contributed by atoms with Crippen molar-refractivity contribution in [2.24, 2.45) is 12.8 Å². The van der Waals surface area contributed by atoms with Crippen molar-refractivity contribution in [1.29, 1.82) is 0 Å². The third-order valence-corrected chi connectivity index (χ3v) is 5.22. The number of hydrogen-bond acceptors (Lipinski definition) is 5. The highest BCUT2D eigenvalue weighted by molar-refractivity contribution is 6.06. The largest absolute Gasteiger partial charge is 0.391 e. The molecule has 3 atom stereocenters. The van der Waals surface area contributed by atoms with E-state index in [9.17, 15) is 29.0 Å². The van der Waals surface area contributed by atoms with Gasteiger partial charge in [0.15, 0.2) is 6.10 Å². The van der Waals surface area contributed by atoms with Gasteiger partial charge in [-0.2, -0.15) is 0 Å². The zero-order valence-corrected chi connectivity index (χ0v) is 18.0. The van der Waals surface area contributed by atoms with Crippen molar-refractivity contribution >= 4 is 23.4 Å². The fourth-order valence-electron chi connectivity index (χ4n) is 3.42. The van der Waals surface area contributed by atoms with Crippen molar-refractivity contribution in [2.75, 3.05) is 5.32 Å². The van der Waals surface area contributed by atoms with Gasteiger partial charge in [-0.3, -0.25) is 14.4 Å². The first-order valence-electron chi connectivity index (χ1n) is 9.55. The maximum atomic E-state index is 13.5. The third kappa shape index (κ3) is 4.92. The van der Waals surface area contributed by atoms with Crippen LogP contribution in [-0.4, -0.2) is 44.6 Å². The topological polar surface area (TPSA) is 147 Å². The van der Waals surface area contributed by atoms with Crippen LogP contribution in [0.5, 0.6) is 0 Å². The van der Waals surface area contributed by atoms with Crippen LogP contribution >= 0.6 is 0 Å². The van der Waals surface area contributed by atoms with Gasteiger partial charge < -0.3 is 31.1 Å². The molecule has 6 N–H and O–H groups in total. The van der Waals surface area contributed by atoms with Crippen molar-refractivity contribution in [3.05, 3.63) is 52.1 Å². The van der Waals surface area contributed by atoms with Crippen LogP contribution in [0.2, 0.25) is 0 Å². The molecule has 3 amide bonds. The molecule has 31 heavy (non-hydrogen) atoms. The molecule has 0 saturated carbocycles. The number of amides is 3. The number of nitrogens with zero attached hydrogens (tertiary/aromatic N) is 1. The molecule has 1 aromatic heterocycles. The zero-order valence-electron chi connectivity index (χ0n) is 18.0. The highest BCUT2D eigenvalue weighted by atomic mass is 19.1. The van der Waals surface area contributed by atoms with Crippen LogP contribution < -0.4 is 16.4 Å². The van der Waals surface area contributed by atoms with E-state index in [1.165, 1.54) is 29.7 Å². The lowest BCUT2D eigenvalue weighted by Gasteiger charge is -2.21. The first kappa shape index (κ1) is 24.0. The average Bonchev–Trinajstić information content (AvgIpc) is 2.90. The first-order chi connectivity index (χ1) is 14.4. The molecule has 9 nitrogen and oxygen atoms in total. The van der Waals surface area contributed by atoms with Crippen LogP contribution in [0.3, 0.4) is 0 Å². The van der Waals surface area contributed by atoms with Crippen LogP contribution in [0.15, 0.2) is 18.2 Å². The molecule has 0 aliphatic carbocycles. The fraction of sp³-hybridized carbons (Fsp3) is 0.381. The van der Waals surface area contributed by atoms with Gasteiger partial charge in [-0.05, 0) is 57.0 Å². The summed E-state index contributed by atoms with van der Waals surface area (Å²) in [6.07, 6.45) is -2.98. The molecule has 2 rings (SSSR count). The lowest BCUT2D eigenvalue weighted by atomic mass is 10.1. The van der Waals surface area contributed by atoms with Gasteiger partial charge in [-0.1, -0.05) is 0 Å². The molecular formula is C21H27FN4O5. The van der Waals surface area contributed by atoms with Gasteiger partial charge in [-0.25, -0.2) is 4.39 Å². The second-order valence-corrected chi connectivity index (χ2v) is 7.48. The number of aromatic nitrogens is 1. The highest BCUT2D eigenvalue weighted by Gasteiger charge is 2.32. The van der Waals surface area contributed by atoms with E-state index in [2.05, 4.69) is 10.6 Å². The van der Waals surface area contributed by atoms with E-state index in [1.54, 1.807) is 27.8 Å². The molecular weight excluding hydrogens is 407 g/mol. The third-order valence-electron chi connectivity index (χ3n) is 5.22. The lowest BCUT2D eigenvalue weighted by Crippen LogP contribution is -2.52. The predicted molar refractivity (Wildman–Crippen MR) is 112 cm³/mol. The molecule has 0 aliphatic heterocycles. The molecule has 0 bridgehead atoms. The van der Waals surface area contributed by atoms with Gasteiger partial charge in [0, 0.05) is 18.4 Å². The van der Waals surface area contributed by atoms with E-state index in [4.69, 9.17) is 5.73 Å². The smallest absolute Gasteiger partial charge is 0.257 e. The Morgan fingerprint density at radius 2 is 1.77 bits per heavy atom. The summed E-state index contributed by atoms with van der Waals surface area (Å²) in [5.74, 6) is -2.79. The van der Waals surface area contributed by atoms with E-state index in [0.717, 1.165) is 0 Å². The summed E-state index contributed by atoms with van der Waals surface area (Å²) in [7, 11) is 1.58. The minimum Gasteiger partial charge on any atom is -0.391 e. The number of aryl methyl sites for hydroxylation is 1. The van der Waals surface area contributed by atoms with Gasteiger partial charge in [0.25, 0.3) is 11.8 Å². The minimum atomic E-state index is -1.72. The Bertz CT molecular complexity index is 1030. The lowest BCUT2D eigenvalue weighted by molar-refractivity contribution is -0.135. The van der Waals surface area contributed by atoms with E-state index in [-0.39, 0.29) is 11.3 Å². The first-order valence-corrected chi connectivity index (χ1v) is 9.55. The Hall–Kier alpha value is -3.24. The Morgan fingerprint density at radius 3 is 2.29 bits per heavy atom. The van der Waals surface area contributed by atoms with Crippen LogP contribution in [0.1, 0.15) is 45.9 Å². The van der Waals surface area contributed by atoms with Crippen molar-refractivity contribution in [3.8, 4) is 0 Å². The summed E-state index contributed by atoms with van der Waals surface area (Å²) < 4.78 is 15.0. The van der Waals surface area contributed by atoms with Gasteiger partial charge in [0.05, 0.1) is 17.4 Å². The molecule has 0 aliphatic rings. The molecule has 1 aromatic carbocycles. The molecule has 0 radical (unpaired) electrons. The van der Waals surface area contributed by atoms with Crippen LogP contribution in [0, 0.1) is 26.6 Å². The molecule has 168 valence electrons. The number of nitrogens with two attached hydrogens (primary N) is 1. The number of anilines is 1. The molecule has 0 fully saturated rings. The van der Waals surface area contributed by atoms with E-state index < -0.39 is 41.8 Å². The zero-order chi connectivity index (χ0) is 23.6.